The highest BCUT2D eigenvalue weighted by Gasteiger charge is 2.29. The summed E-state index contributed by atoms with van der Waals surface area (Å²) in [5.41, 5.74) is 3.15. The second-order valence-electron chi connectivity index (χ2n) is 6.13. The minimum Gasteiger partial charge on any atom is -0.416 e. The van der Waals surface area contributed by atoms with Crippen LogP contribution in [0.15, 0.2) is 39.3 Å². The van der Waals surface area contributed by atoms with Gasteiger partial charge in [-0.05, 0) is 31.9 Å². The molecular formula is C18H18N4O2S2. The van der Waals surface area contributed by atoms with Crippen molar-refractivity contribution in [1.29, 1.82) is 0 Å². The number of fused-ring (bicyclic) bond motifs is 1. The van der Waals surface area contributed by atoms with Crippen LogP contribution >= 0.6 is 23.1 Å². The molecule has 8 heteroatoms. The quantitative estimate of drug-likeness (QED) is 0.625. The van der Waals surface area contributed by atoms with Crippen LogP contribution in [-0.2, 0) is 17.6 Å². The van der Waals surface area contributed by atoms with Crippen LogP contribution in [0.5, 0.6) is 0 Å². The second-order valence-corrected chi connectivity index (χ2v) is 8.48. The van der Waals surface area contributed by atoms with Gasteiger partial charge < -0.3 is 9.32 Å². The Morgan fingerprint density at radius 1 is 1.38 bits per heavy atom. The number of aromatic nitrogens is 3. The van der Waals surface area contributed by atoms with Crippen LogP contribution < -0.4 is 4.90 Å². The number of carbonyl (C=O) groups excluding carboxylic acids is 1. The van der Waals surface area contributed by atoms with Crippen LogP contribution in [0.4, 0.5) is 5.69 Å². The highest BCUT2D eigenvalue weighted by atomic mass is 32.2. The predicted molar refractivity (Wildman–Crippen MR) is 102 cm³/mol. The molecule has 0 bridgehead atoms. The lowest BCUT2D eigenvalue weighted by molar-refractivity contribution is -0.117. The Hall–Kier alpha value is -2.19. The van der Waals surface area contributed by atoms with Crippen molar-refractivity contribution in [2.75, 3.05) is 11.4 Å². The van der Waals surface area contributed by atoms with Gasteiger partial charge in [0.05, 0.1) is 22.4 Å². The molecule has 1 aliphatic heterocycles. The van der Waals surface area contributed by atoms with Gasteiger partial charge >= 0.3 is 0 Å². The first-order chi connectivity index (χ1) is 12.6. The van der Waals surface area contributed by atoms with Gasteiger partial charge in [0, 0.05) is 17.6 Å². The van der Waals surface area contributed by atoms with Gasteiger partial charge in [-0.25, -0.2) is 4.98 Å². The van der Waals surface area contributed by atoms with Gasteiger partial charge in [-0.2, -0.15) is 0 Å². The Morgan fingerprint density at radius 3 is 3.04 bits per heavy atom. The van der Waals surface area contributed by atoms with Gasteiger partial charge in [0.1, 0.15) is 0 Å². The molecule has 0 saturated carbocycles. The zero-order valence-electron chi connectivity index (χ0n) is 14.5. The molecule has 0 fully saturated rings. The third-order valence-corrected chi connectivity index (χ3v) is 5.97. The maximum absolute atomic E-state index is 12.8. The highest BCUT2D eigenvalue weighted by molar-refractivity contribution is 8.00. The van der Waals surface area contributed by atoms with Crippen LogP contribution in [0.2, 0.25) is 0 Å². The minimum atomic E-state index is -0.295. The summed E-state index contributed by atoms with van der Waals surface area (Å²) in [6, 6.07) is 8.05. The molecule has 1 atom stereocenters. The SMILES string of the molecule is Cc1nc(Cc2nnc(SC(C)C(=O)N3CCc4ccccc43)o2)cs1. The van der Waals surface area contributed by atoms with E-state index in [0.717, 1.165) is 29.4 Å². The van der Waals surface area contributed by atoms with Gasteiger partial charge in [0.2, 0.25) is 11.8 Å². The summed E-state index contributed by atoms with van der Waals surface area (Å²) < 4.78 is 5.68. The first-order valence-electron chi connectivity index (χ1n) is 8.39. The van der Waals surface area contributed by atoms with Crippen molar-refractivity contribution in [2.24, 2.45) is 0 Å². The van der Waals surface area contributed by atoms with E-state index >= 15 is 0 Å². The first-order valence-corrected chi connectivity index (χ1v) is 10.2. The number of carbonyl (C=O) groups is 1. The molecular weight excluding hydrogens is 368 g/mol. The molecule has 6 nitrogen and oxygen atoms in total. The monoisotopic (exact) mass is 386 g/mol. The molecule has 3 heterocycles. The molecule has 0 aliphatic carbocycles. The van der Waals surface area contributed by atoms with Crippen molar-refractivity contribution in [2.45, 2.75) is 37.2 Å². The summed E-state index contributed by atoms with van der Waals surface area (Å²) in [7, 11) is 0. The second kappa shape index (κ2) is 7.20. The van der Waals surface area contributed by atoms with E-state index in [1.165, 1.54) is 17.3 Å². The van der Waals surface area contributed by atoms with Gasteiger partial charge in [0.25, 0.3) is 5.22 Å². The number of para-hydroxylation sites is 1. The first kappa shape index (κ1) is 17.2. The minimum absolute atomic E-state index is 0.0647. The fourth-order valence-electron chi connectivity index (χ4n) is 2.99. The Morgan fingerprint density at radius 2 is 2.23 bits per heavy atom. The molecule has 1 amide bonds. The van der Waals surface area contributed by atoms with E-state index in [2.05, 4.69) is 21.2 Å². The number of thiazole rings is 1. The van der Waals surface area contributed by atoms with E-state index in [9.17, 15) is 4.79 Å². The van der Waals surface area contributed by atoms with Crippen LogP contribution in [0, 0.1) is 6.92 Å². The number of rotatable bonds is 5. The lowest BCUT2D eigenvalue weighted by Gasteiger charge is -2.20. The Bertz CT molecular complexity index is 937. The predicted octanol–water partition coefficient (Wildman–Crippen LogP) is 3.50. The van der Waals surface area contributed by atoms with E-state index in [1.54, 1.807) is 11.3 Å². The maximum atomic E-state index is 12.8. The van der Waals surface area contributed by atoms with Gasteiger partial charge in [-0.1, -0.05) is 30.0 Å². The lowest BCUT2D eigenvalue weighted by atomic mass is 10.2. The van der Waals surface area contributed by atoms with Crippen molar-refractivity contribution >= 4 is 34.7 Å². The molecule has 1 aliphatic rings. The third-order valence-electron chi connectivity index (χ3n) is 4.23. The smallest absolute Gasteiger partial charge is 0.277 e. The number of benzene rings is 1. The summed E-state index contributed by atoms with van der Waals surface area (Å²) in [6.45, 7) is 4.57. The Balaban J connectivity index is 1.40. The van der Waals surface area contributed by atoms with E-state index < -0.39 is 0 Å². The zero-order chi connectivity index (χ0) is 18.1. The molecule has 0 N–H and O–H groups in total. The summed E-state index contributed by atoms with van der Waals surface area (Å²) in [6.07, 6.45) is 1.41. The summed E-state index contributed by atoms with van der Waals surface area (Å²) in [4.78, 5) is 19.1. The summed E-state index contributed by atoms with van der Waals surface area (Å²) in [5, 5.41) is 11.3. The molecule has 0 spiro atoms. The van der Waals surface area contributed by atoms with Crippen LogP contribution in [0.25, 0.3) is 0 Å². The number of aryl methyl sites for hydroxylation is 1. The van der Waals surface area contributed by atoms with Gasteiger partial charge in [0.15, 0.2) is 0 Å². The van der Waals surface area contributed by atoms with Crippen molar-refractivity contribution < 1.29 is 9.21 Å². The molecule has 3 aromatic rings. The number of nitrogens with zero attached hydrogens (tertiary/aromatic N) is 4. The Labute approximate surface area is 159 Å². The van der Waals surface area contributed by atoms with Gasteiger partial charge in [-0.15, -0.1) is 21.5 Å². The molecule has 1 aromatic carbocycles. The van der Waals surface area contributed by atoms with Crippen LogP contribution in [0.1, 0.15) is 29.1 Å². The van der Waals surface area contributed by atoms with Crippen molar-refractivity contribution in [3.63, 3.8) is 0 Å². The summed E-state index contributed by atoms with van der Waals surface area (Å²) >= 11 is 2.90. The molecule has 2 aromatic heterocycles. The van der Waals surface area contributed by atoms with E-state index in [1.807, 2.05) is 42.3 Å². The fourth-order valence-corrected chi connectivity index (χ4v) is 4.37. The largest absolute Gasteiger partial charge is 0.416 e. The molecule has 134 valence electrons. The van der Waals surface area contributed by atoms with Crippen molar-refractivity contribution in [3.05, 3.63) is 51.8 Å². The number of hydrogen-bond donors (Lipinski definition) is 0. The Kier molecular flexibility index (Phi) is 4.78. The molecule has 1 unspecified atom stereocenters. The standard InChI is InChI=1S/C18H18N4O2S2/c1-11(17(23)22-8-7-13-5-3-4-6-15(13)22)26-18-21-20-16(24-18)9-14-10-25-12(2)19-14/h3-6,10-11H,7-9H2,1-2H3. The molecule has 0 saturated heterocycles. The lowest BCUT2D eigenvalue weighted by Crippen LogP contribution is -2.35. The highest BCUT2D eigenvalue weighted by Crippen LogP contribution is 2.31. The zero-order valence-corrected chi connectivity index (χ0v) is 16.1. The molecule has 26 heavy (non-hydrogen) atoms. The average Bonchev–Trinajstić information content (AvgIpc) is 3.35. The number of thioether (sulfide) groups is 1. The third kappa shape index (κ3) is 3.52. The van der Waals surface area contributed by atoms with Crippen molar-refractivity contribution in [1.82, 2.24) is 15.2 Å². The van der Waals surface area contributed by atoms with Crippen LogP contribution in [-0.4, -0.2) is 32.9 Å². The number of anilines is 1. The number of hydrogen-bond acceptors (Lipinski definition) is 7. The normalized spacial score (nSPS) is 14.5. The molecule has 4 rings (SSSR count). The average molecular weight is 387 g/mol. The molecule has 0 radical (unpaired) electrons. The number of amides is 1. The van der Waals surface area contributed by atoms with Crippen LogP contribution in [0.3, 0.4) is 0 Å². The van der Waals surface area contributed by atoms with Crippen molar-refractivity contribution in [3.8, 4) is 0 Å². The van der Waals surface area contributed by atoms with E-state index in [-0.39, 0.29) is 11.2 Å². The topological polar surface area (TPSA) is 72.1 Å². The maximum Gasteiger partial charge on any atom is 0.277 e. The fraction of sp³-hybridized carbons (Fsp3) is 0.333. The van der Waals surface area contributed by atoms with E-state index in [4.69, 9.17) is 4.42 Å². The summed E-state index contributed by atoms with van der Waals surface area (Å²) in [5.74, 6) is 0.582. The van der Waals surface area contributed by atoms with E-state index in [0.29, 0.717) is 17.5 Å². The van der Waals surface area contributed by atoms with Gasteiger partial charge in [-0.3, -0.25) is 4.79 Å².